The summed E-state index contributed by atoms with van der Waals surface area (Å²) in [5, 5.41) is 0.0540. The molecule has 0 radical (unpaired) electrons. The van der Waals surface area contributed by atoms with Crippen LogP contribution in [-0.2, 0) is 20.0 Å². The lowest BCUT2D eigenvalue weighted by molar-refractivity contribution is 0.578. The van der Waals surface area contributed by atoms with Crippen molar-refractivity contribution in [2.45, 2.75) is 4.90 Å². The zero-order valence-electron chi connectivity index (χ0n) is 9.85. The maximum atomic E-state index is 11.9. The summed E-state index contributed by atoms with van der Waals surface area (Å²) in [6.45, 7) is -0.238. The van der Waals surface area contributed by atoms with Crippen molar-refractivity contribution in [2.75, 3.05) is 19.3 Å². The maximum absolute atomic E-state index is 11.9. The first-order valence-corrected chi connectivity index (χ1v) is 9.34. The van der Waals surface area contributed by atoms with Gasteiger partial charge >= 0.3 is 0 Å². The first-order chi connectivity index (χ1) is 8.68. The van der Waals surface area contributed by atoms with E-state index in [2.05, 4.69) is 25.4 Å². The van der Waals surface area contributed by atoms with Crippen LogP contribution < -0.4 is 9.44 Å². The van der Waals surface area contributed by atoms with E-state index in [4.69, 9.17) is 11.6 Å². The smallest absolute Gasteiger partial charge is 0.218 e. The molecule has 1 rings (SSSR count). The molecule has 0 bridgehead atoms. The molecule has 19 heavy (non-hydrogen) atoms. The average molecular weight is 392 g/mol. The van der Waals surface area contributed by atoms with Gasteiger partial charge in [0.15, 0.2) is 0 Å². The van der Waals surface area contributed by atoms with Crippen LogP contribution in [0.3, 0.4) is 0 Å². The summed E-state index contributed by atoms with van der Waals surface area (Å²) in [4.78, 5) is -0.0979. The highest BCUT2D eigenvalue weighted by molar-refractivity contribution is 9.10. The second kappa shape index (κ2) is 6.51. The molecule has 2 N–H and O–H groups in total. The number of hydrogen-bond donors (Lipinski definition) is 2. The van der Waals surface area contributed by atoms with Gasteiger partial charge in [-0.15, -0.1) is 0 Å². The van der Waals surface area contributed by atoms with E-state index in [9.17, 15) is 16.8 Å². The predicted molar refractivity (Wildman–Crippen MR) is 77.2 cm³/mol. The Bertz CT molecular complexity index is 661. The summed E-state index contributed by atoms with van der Waals surface area (Å²) in [5.41, 5.74) is 0. The lowest BCUT2D eigenvalue weighted by Crippen LogP contribution is -2.33. The fraction of sp³-hybridized carbons (Fsp3) is 0.333. The molecule has 0 spiro atoms. The van der Waals surface area contributed by atoms with Crippen LogP contribution in [-0.4, -0.2) is 36.2 Å². The van der Waals surface area contributed by atoms with E-state index in [-0.39, 0.29) is 22.2 Å². The zero-order chi connectivity index (χ0) is 14.7. The molecule has 10 heteroatoms. The topological polar surface area (TPSA) is 92.3 Å². The normalized spacial score (nSPS) is 12.6. The van der Waals surface area contributed by atoms with Gasteiger partial charge in [-0.2, -0.15) is 0 Å². The van der Waals surface area contributed by atoms with Gasteiger partial charge in [0.05, 0.1) is 10.8 Å². The van der Waals surface area contributed by atoms with Gasteiger partial charge in [-0.25, -0.2) is 26.3 Å². The van der Waals surface area contributed by atoms with Crippen molar-refractivity contribution in [2.24, 2.45) is 0 Å². The van der Waals surface area contributed by atoms with Crippen LogP contribution in [0.5, 0.6) is 0 Å². The van der Waals surface area contributed by atoms with Gasteiger partial charge in [0.25, 0.3) is 0 Å². The Morgan fingerprint density at radius 1 is 1.26 bits per heavy atom. The van der Waals surface area contributed by atoms with Gasteiger partial charge in [-0.1, -0.05) is 27.5 Å². The molecule has 0 unspecified atom stereocenters. The number of rotatable bonds is 6. The minimum absolute atomic E-state index is 0.0540. The number of benzene rings is 1. The molecule has 0 fully saturated rings. The Kier molecular flexibility index (Phi) is 5.78. The van der Waals surface area contributed by atoms with Crippen LogP contribution in [0, 0.1) is 0 Å². The molecule has 0 heterocycles. The van der Waals surface area contributed by atoms with Gasteiger partial charge < -0.3 is 0 Å². The van der Waals surface area contributed by atoms with Gasteiger partial charge in [0.2, 0.25) is 20.0 Å². The third-order valence-corrected chi connectivity index (χ3v) is 5.96. The van der Waals surface area contributed by atoms with Gasteiger partial charge in [0, 0.05) is 11.0 Å². The molecule has 0 aromatic heterocycles. The van der Waals surface area contributed by atoms with E-state index in [1.807, 2.05) is 0 Å². The molecule has 1 aromatic rings. The standard InChI is InChI=1S/C9H12BrClN2O4S2/c1-12-18(14,15)5-4-13-19(16,17)9-3-2-7(10)6-8(9)11/h2-3,6,12-13H,4-5H2,1H3. The van der Waals surface area contributed by atoms with Crippen molar-refractivity contribution >= 4 is 47.6 Å². The maximum Gasteiger partial charge on any atom is 0.242 e. The van der Waals surface area contributed by atoms with Crippen LogP contribution in [0.4, 0.5) is 0 Å². The summed E-state index contributed by atoms with van der Waals surface area (Å²) >= 11 is 8.99. The molecular formula is C9H12BrClN2O4S2. The van der Waals surface area contributed by atoms with Crippen LogP contribution >= 0.6 is 27.5 Å². The van der Waals surface area contributed by atoms with Gasteiger partial charge in [-0.05, 0) is 25.2 Å². The SMILES string of the molecule is CNS(=O)(=O)CCNS(=O)(=O)c1ccc(Br)cc1Cl. The first-order valence-electron chi connectivity index (χ1n) is 5.04. The summed E-state index contributed by atoms with van der Waals surface area (Å²) in [5.74, 6) is -0.350. The van der Waals surface area contributed by atoms with Crippen molar-refractivity contribution in [3.63, 3.8) is 0 Å². The number of sulfonamides is 2. The molecule has 0 atom stereocenters. The summed E-state index contributed by atoms with van der Waals surface area (Å²) in [7, 11) is -6.03. The Balaban J connectivity index is 2.82. The Morgan fingerprint density at radius 3 is 2.42 bits per heavy atom. The summed E-state index contributed by atoms with van der Waals surface area (Å²) < 4.78 is 51.1. The Labute approximate surface area is 125 Å². The van der Waals surface area contributed by atoms with E-state index >= 15 is 0 Å². The van der Waals surface area contributed by atoms with Crippen molar-refractivity contribution in [3.8, 4) is 0 Å². The second-order valence-electron chi connectivity index (χ2n) is 3.50. The van der Waals surface area contributed by atoms with Crippen LogP contribution in [0.15, 0.2) is 27.6 Å². The molecule has 0 saturated carbocycles. The quantitative estimate of drug-likeness (QED) is 0.754. The van der Waals surface area contributed by atoms with Crippen LogP contribution in [0.1, 0.15) is 0 Å². The molecule has 0 aliphatic carbocycles. The second-order valence-corrected chi connectivity index (χ2v) is 8.60. The molecule has 0 amide bonds. The van der Waals surface area contributed by atoms with E-state index in [0.717, 1.165) is 0 Å². The van der Waals surface area contributed by atoms with Crippen molar-refractivity contribution in [1.82, 2.24) is 9.44 Å². The van der Waals surface area contributed by atoms with Crippen molar-refractivity contribution in [1.29, 1.82) is 0 Å². The van der Waals surface area contributed by atoms with Gasteiger partial charge in [-0.3, -0.25) is 0 Å². The molecule has 6 nitrogen and oxygen atoms in total. The van der Waals surface area contributed by atoms with E-state index in [1.54, 1.807) is 0 Å². The molecule has 0 saturated heterocycles. The molecular weight excluding hydrogens is 380 g/mol. The minimum Gasteiger partial charge on any atom is -0.218 e. The zero-order valence-corrected chi connectivity index (χ0v) is 13.8. The lowest BCUT2D eigenvalue weighted by atomic mass is 10.4. The summed E-state index contributed by atoms with van der Waals surface area (Å²) in [6, 6.07) is 4.31. The van der Waals surface area contributed by atoms with Gasteiger partial charge in [0.1, 0.15) is 4.90 Å². The fourth-order valence-electron chi connectivity index (χ4n) is 1.18. The third-order valence-electron chi connectivity index (χ3n) is 2.16. The molecule has 0 aliphatic rings. The highest BCUT2D eigenvalue weighted by Gasteiger charge is 2.18. The number of halogens is 2. The van der Waals surface area contributed by atoms with E-state index in [1.165, 1.54) is 25.2 Å². The first kappa shape index (κ1) is 16.9. The number of nitrogens with one attached hydrogen (secondary N) is 2. The Morgan fingerprint density at radius 2 is 1.89 bits per heavy atom. The van der Waals surface area contributed by atoms with Crippen molar-refractivity contribution < 1.29 is 16.8 Å². The fourth-order valence-corrected chi connectivity index (χ4v) is 3.95. The number of hydrogen-bond acceptors (Lipinski definition) is 4. The largest absolute Gasteiger partial charge is 0.242 e. The highest BCUT2D eigenvalue weighted by Crippen LogP contribution is 2.24. The van der Waals surface area contributed by atoms with Crippen LogP contribution in [0.25, 0.3) is 0 Å². The summed E-state index contributed by atoms with van der Waals surface area (Å²) in [6.07, 6.45) is 0. The predicted octanol–water partition coefficient (Wildman–Crippen LogP) is 0.930. The third kappa shape index (κ3) is 5.01. The Hall–Kier alpha value is -0.190. The lowest BCUT2D eigenvalue weighted by Gasteiger charge is -2.08. The van der Waals surface area contributed by atoms with E-state index < -0.39 is 20.0 Å². The van der Waals surface area contributed by atoms with Crippen LogP contribution in [0.2, 0.25) is 5.02 Å². The van der Waals surface area contributed by atoms with E-state index in [0.29, 0.717) is 4.47 Å². The highest BCUT2D eigenvalue weighted by atomic mass is 79.9. The molecule has 0 aliphatic heterocycles. The monoisotopic (exact) mass is 390 g/mol. The average Bonchev–Trinajstić information content (AvgIpc) is 2.27. The molecule has 108 valence electrons. The minimum atomic E-state index is -3.83. The van der Waals surface area contributed by atoms with Crippen molar-refractivity contribution in [3.05, 3.63) is 27.7 Å². The molecule has 1 aromatic carbocycles.